The second-order valence-electron chi connectivity index (χ2n) is 7.45. The standard InChI is InChI=1S/C23H22N2O3S/c1-28-23(27)21-17(14-7-3-2-4-8-14)11-15(12-19(21)26)25-22-18(13-24)16-9-5-6-10-20(16)29-22/h2-4,7-8,12,17,21,25H,5-6,9-11H2,1H3/t17-,21-/m1/s1. The van der Waals surface area contributed by atoms with Crippen LogP contribution in [0.1, 0.15) is 46.7 Å². The number of thiophene rings is 1. The fraction of sp³-hybridized carbons (Fsp3) is 0.348. The highest BCUT2D eigenvalue weighted by molar-refractivity contribution is 7.16. The van der Waals surface area contributed by atoms with E-state index in [0.29, 0.717) is 12.0 Å². The summed E-state index contributed by atoms with van der Waals surface area (Å²) >= 11 is 1.61. The Labute approximate surface area is 174 Å². The van der Waals surface area contributed by atoms with Crippen LogP contribution in [-0.4, -0.2) is 18.9 Å². The van der Waals surface area contributed by atoms with Crippen LogP contribution in [0.3, 0.4) is 0 Å². The molecule has 0 aliphatic heterocycles. The maximum absolute atomic E-state index is 12.8. The summed E-state index contributed by atoms with van der Waals surface area (Å²) in [4.78, 5) is 26.4. The van der Waals surface area contributed by atoms with E-state index in [9.17, 15) is 14.9 Å². The number of benzene rings is 1. The zero-order chi connectivity index (χ0) is 20.4. The van der Waals surface area contributed by atoms with Crippen LogP contribution in [0.15, 0.2) is 42.1 Å². The molecular formula is C23H22N2O3S. The molecule has 2 atom stereocenters. The van der Waals surface area contributed by atoms with Gasteiger partial charge in [-0.3, -0.25) is 9.59 Å². The molecule has 0 unspecified atom stereocenters. The van der Waals surface area contributed by atoms with Crippen molar-refractivity contribution in [2.45, 2.75) is 38.0 Å². The van der Waals surface area contributed by atoms with Gasteiger partial charge in [0.1, 0.15) is 17.0 Å². The number of nitriles is 1. The van der Waals surface area contributed by atoms with Crippen molar-refractivity contribution < 1.29 is 14.3 Å². The average Bonchev–Trinajstić information content (AvgIpc) is 3.10. The number of hydrogen-bond donors (Lipinski definition) is 1. The molecule has 0 spiro atoms. The van der Waals surface area contributed by atoms with Crippen molar-refractivity contribution in [3.63, 3.8) is 0 Å². The van der Waals surface area contributed by atoms with Crippen molar-refractivity contribution >= 4 is 28.1 Å². The Morgan fingerprint density at radius 2 is 2.00 bits per heavy atom. The number of nitrogens with one attached hydrogen (secondary N) is 1. The Morgan fingerprint density at radius 3 is 2.72 bits per heavy atom. The Morgan fingerprint density at radius 1 is 1.24 bits per heavy atom. The summed E-state index contributed by atoms with van der Waals surface area (Å²) in [6, 6.07) is 11.9. The summed E-state index contributed by atoms with van der Waals surface area (Å²) in [6.45, 7) is 0. The molecule has 0 fully saturated rings. The monoisotopic (exact) mass is 406 g/mol. The molecule has 1 aromatic carbocycles. The minimum Gasteiger partial charge on any atom is -0.468 e. The summed E-state index contributed by atoms with van der Waals surface area (Å²) < 4.78 is 4.91. The molecule has 1 aromatic heterocycles. The number of fused-ring (bicyclic) bond motifs is 1. The van der Waals surface area contributed by atoms with E-state index in [1.807, 2.05) is 30.3 Å². The lowest BCUT2D eigenvalue weighted by atomic mass is 9.76. The minimum atomic E-state index is -0.847. The van der Waals surface area contributed by atoms with Crippen LogP contribution in [0.2, 0.25) is 0 Å². The maximum Gasteiger partial charge on any atom is 0.317 e. The summed E-state index contributed by atoms with van der Waals surface area (Å²) in [5, 5.41) is 13.8. The Balaban J connectivity index is 1.67. The van der Waals surface area contributed by atoms with Gasteiger partial charge in [-0.1, -0.05) is 30.3 Å². The van der Waals surface area contributed by atoms with E-state index in [1.165, 1.54) is 18.1 Å². The normalized spacial score (nSPS) is 21.0. The van der Waals surface area contributed by atoms with Gasteiger partial charge in [-0.15, -0.1) is 11.3 Å². The van der Waals surface area contributed by atoms with Gasteiger partial charge in [-0.05, 0) is 43.2 Å². The van der Waals surface area contributed by atoms with E-state index in [1.54, 1.807) is 11.3 Å². The smallest absolute Gasteiger partial charge is 0.317 e. The third-order valence-electron chi connectivity index (χ3n) is 5.71. The van der Waals surface area contributed by atoms with Crippen LogP contribution >= 0.6 is 11.3 Å². The molecule has 2 aromatic rings. The van der Waals surface area contributed by atoms with Crippen LogP contribution in [0.5, 0.6) is 0 Å². The number of ketones is 1. The summed E-state index contributed by atoms with van der Waals surface area (Å²) in [5.74, 6) is -1.92. The van der Waals surface area contributed by atoms with Crippen LogP contribution < -0.4 is 5.32 Å². The summed E-state index contributed by atoms with van der Waals surface area (Å²) in [6.07, 6.45) is 6.20. The number of esters is 1. The summed E-state index contributed by atoms with van der Waals surface area (Å²) in [7, 11) is 1.31. The Kier molecular flexibility index (Phi) is 5.50. The number of ether oxygens (including phenoxy) is 1. The molecule has 0 saturated carbocycles. The van der Waals surface area contributed by atoms with Gasteiger partial charge in [-0.2, -0.15) is 5.26 Å². The van der Waals surface area contributed by atoms with Crippen molar-refractivity contribution in [2.75, 3.05) is 12.4 Å². The molecule has 1 N–H and O–H groups in total. The molecular weight excluding hydrogens is 384 g/mol. The van der Waals surface area contributed by atoms with Crippen molar-refractivity contribution in [3.8, 4) is 6.07 Å². The van der Waals surface area contributed by atoms with Gasteiger partial charge in [0.05, 0.1) is 12.7 Å². The van der Waals surface area contributed by atoms with Gasteiger partial charge in [-0.25, -0.2) is 0 Å². The first kappa shape index (κ1) is 19.4. The third-order valence-corrected chi connectivity index (χ3v) is 6.91. The maximum atomic E-state index is 12.8. The molecule has 0 radical (unpaired) electrons. The predicted molar refractivity (Wildman–Crippen MR) is 112 cm³/mol. The minimum absolute atomic E-state index is 0.265. The van der Waals surface area contributed by atoms with E-state index < -0.39 is 11.9 Å². The highest BCUT2D eigenvalue weighted by atomic mass is 32.1. The number of carbonyl (C=O) groups is 2. The van der Waals surface area contributed by atoms with E-state index >= 15 is 0 Å². The second kappa shape index (κ2) is 8.22. The molecule has 0 amide bonds. The topological polar surface area (TPSA) is 79.2 Å². The number of carbonyl (C=O) groups excluding carboxylic acids is 2. The third kappa shape index (κ3) is 3.70. The second-order valence-corrected chi connectivity index (χ2v) is 8.55. The number of nitrogens with zero attached hydrogens (tertiary/aromatic N) is 1. The fourth-order valence-corrected chi connectivity index (χ4v) is 5.57. The molecule has 0 saturated heterocycles. The van der Waals surface area contributed by atoms with E-state index in [4.69, 9.17) is 4.74 Å². The first-order valence-corrected chi connectivity index (χ1v) is 10.6. The molecule has 1 heterocycles. The summed E-state index contributed by atoms with van der Waals surface area (Å²) in [5.41, 5.74) is 3.51. The number of methoxy groups -OCH3 is 1. The largest absolute Gasteiger partial charge is 0.468 e. The van der Waals surface area contributed by atoms with Gasteiger partial charge in [0.25, 0.3) is 0 Å². The van der Waals surface area contributed by atoms with E-state index in [2.05, 4.69) is 11.4 Å². The molecule has 4 rings (SSSR count). The molecule has 2 aliphatic carbocycles. The average molecular weight is 407 g/mol. The Hall–Kier alpha value is -2.91. The highest BCUT2D eigenvalue weighted by Gasteiger charge is 2.39. The fourth-order valence-electron chi connectivity index (χ4n) is 4.30. The van der Waals surface area contributed by atoms with Gasteiger partial charge >= 0.3 is 5.97 Å². The number of allylic oxidation sites excluding steroid dienone is 2. The van der Waals surface area contributed by atoms with Crippen LogP contribution in [0.4, 0.5) is 5.00 Å². The van der Waals surface area contributed by atoms with E-state index in [0.717, 1.165) is 47.5 Å². The number of anilines is 1. The lowest BCUT2D eigenvalue weighted by molar-refractivity contribution is -0.149. The van der Waals surface area contributed by atoms with Crippen molar-refractivity contribution in [3.05, 3.63) is 63.7 Å². The molecule has 5 nitrogen and oxygen atoms in total. The number of aryl methyl sites for hydroxylation is 1. The molecule has 29 heavy (non-hydrogen) atoms. The van der Waals surface area contributed by atoms with Gasteiger partial charge in [0.15, 0.2) is 5.78 Å². The Bertz CT molecular complexity index is 1020. The van der Waals surface area contributed by atoms with Crippen LogP contribution in [0.25, 0.3) is 0 Å². The predicted octanol–water partition coefficient (Wildman–Crippen LogP) is 4.34. The van der Waals surface area contributed by atoms with Crippen LogP contribution in [0, 0.1) is 17.2 Å². The quantitative estimate of drug-likeness (QED) is 0.604. The lowest BCUT2D eigenvalue weighted by Crippen LogP contribution is -2.34. The first-order valence-electron chi connectivity index (χ1n) is 9.81. The molecule has 148 valence electrons. The van der Waals surface area contributed by atoms with Gasteiger partial charge in [0, 0.05) is 22.6 Å². The van der Waals surface area contributed by atoms with Crippen molar-refractivity contribution in [2.24, 2.45) is 5.92 Å². The van der Waals surface area contributed by atoms with Crippen molar-refractivity contribution in [1.82, 2.24) is 0 Å². The van der Waals surface area contributed by atoms with Crippen LogP contribution in [-0.2, 0) is 27.2 Å². The van der Waals surface area contributed by atoms with Crippen molar-refractivity contribution in [1.29, 1.82) is 5.26 Å². The zero-order valence-electron chi connectivity index (χ0n) is 16.2. The van der Waals surface area contributed by atoms with Gasteiger partial charge in [0.2, 0.25) is 0 Å². The molecule has 0 bridgehead atoms. The number of hydrogen-bond acceptors (Lipinski definition) is 6. The SMILES string of the molecule is COC(=O)[C@H]1C(=O)C=C(Nc2sc3c(c2C#N)CCCC3)C[C@@H]1c1ccccc1. The number of rotatable bonds is 4. The highest BCUT2D eigenvalue weighted by Crippen LogP contribution is 2.41. The molecule has 6 heteroatoms. The first-order chi connectivity index (χ1) is 14.1. The lowest BCUT2D eigenvalue weighted by Gasteiger charge is -2.29. The van der Waals surface area contributed by atoms with Gasteiger partial charge < -0.3 is 10.1 Å². The zero-order valence-corrected chi connectivity index (χ0v) is 17.1. The van der Waals surface area contributed by atoms with E-state index in [-0.39, 0.29) is 11.7 Å². The molecule has 2 aliphatic rings.